The number of hydrogen-bond acceptors (Lipinski definition) is 4. The molecule has 0 bridgehead atoms. The van der Waals surface area contributed by atoms with Crippen LogP contribution in [-0.2, 0) is 11.3 Å². The number of amides is 1. The van der Waals surface area contributed by atoms with Crippen molar-refractivity contribution in [2.45, 2.75) is 33.4 Å². The van der Waals surface area contributed by atoms with Gasteiger partial charge in [0, 0.05) is 31.2 Å². The van der Waals surface area contributed by atoms with Crippen LogP contribution in [0.4, 0.5) is 0 Å². The molecule has 0 radical (unpaired) electrons. The Bertz CT molecular complexity index is 891. The first-order chi connectivity index (χ1) is 12.5. The zero-order chi connectivity index (χ0) is 18.5. The highest BCUT2D eigenvalue weighted by atomic mass is 16.5. The molecule has 26 heavy (non-hydrogen) atoms. The summed E-state index contributed by atoms with van der Waals surface area (Å²) >= 11 is 0. The summed E-state index contributed by atoms with van der Waals surface area (Å²) in [5.41, 5.74) is 3.30. The van der Waals surface area contributed by atoms with Crippen molar-refractivity contribution in [1.29, 1.82) is 0 Å². The average molecular weight is 350 g/mol. The number of nitrogens with zero attached hydrogens (tertiary/aromatic N) is 3. The maximum Gasteiger partial charge on any atom is 0.243 e. The van der Waals surface area contributed by atoms with E-state index < -0.39 is 0 Å². The topological polar surface area (TPSA) is 69.0 Å². The van der Waals surface area contributed by atoms with Gasteiger partial charge in [-0.1, -0.05) is 6.07 Å². The van der Waals surface area contributed by atoms with Gasteiger partial charge in [0.2, 0.25) is 11.8 Å². The molecule has 2 aromatic heterocycles. The third-order valence-electron chi connectivity index (χ3n) is 4.32. The molecule has 1 aromatic carbocycles. The smallest absolute Gasteiger partial charge is 0.243 e. The normalized spacial score (nSPS) is 11.8. The van der Waals surface area contributed by atoms with E-state index in [1.807, 2.05) is 44.2 Å². The first kappa shape index (κ1) is 17.7. The molecule has 1 atom stereocenters. The second kappa shape index (κ2) is 7.82. The molecular formula is C20H22N4O2. The lowest BCUT2D eigenvalue weighted by molar-refractivity contribution is -0.124. The Morgan fingerprint density at radius 3 is 2.77 bits per heavy atom. The Hall–Kier alpha value is -3.15. The van der Waals surface area contributed by atoms with Gasteiger partial charge in [0.1, 0.15) is 11.8 Å². The van der Waals surface area contributed by atoms with Gasteiger partial charge in [-0.05, 0) is 55.7 Å². The molecule has 0 spiro atoms. The molecule has 0 unspecified atom stereocenters. The Morgan fingerprint density at radius 2 is 2.04 bits per heavy atom. The van der Waals surface area contributed by atoms with Gasteiger partial charge in [-0.25, -0.2) is 9.97 Å². The van der Waals surface area contributed by atoms with Crippen LogP contribution in [0, 0.1) is 13.8 Å². The zero-order valence-corrected chi connectivity index (χ0v) is 15.1. The minimum Gasteiger partial charge on any atom is -0.439 e. The lowest BCUT2D eigenvalue weighted by Crippen LogP contribution is -2.30. The summed E-state index contributed by atoms with van der Waals surface area (Å²) in [7, 11) is 0. The maximum absolute atomic E-state index is 12.3. The molecule has 0 aliphatic carbocycles. The molecule has 0 aliphatic heterocycles. The zero-order valence-electron chi connectivity index (χ0n) is 15.1. The third-order valence-corrected chi connectivity index (χ3v) is 4.32. The summed E-state index contributed by atoms with van der Waals surface area (Å²) < 4.78 is 7.59. The molecule has 6 heteroatoms. The average Bonchev–Trinajstić information content (AvgIpc) is 3.17. The Kier molecular flexibility index (Phi) is 5.31. The number of pyridine rings is 1. The van der Waals surface area contributed by atoms with Crippen LogP contribution in [-0.4, -0.2) is 20.4 Å². The SMILES string of the molecule is Cc1ccc(Oc2cc(CNC(=O)[C@H](C)n3ccnc3)ccn2)cc1C. The number of carbonyl (C=O) groups excluding carboxylic acids is 1. The van der Waals surface area contributed by atoms with E-state index in [0.717, 1.165) is 11.3 Å². The summed E-state index contributed by atoms with van der Waals surface area (Å²) in [6, 6.07) is 9.30. The second-order valence-electron chi connectivity index (χ2n) is 6.25. The van der Waals surface area contributed by atoms with Gasteiger partial charge in [0.25, 0.3) is 0 Å². The number of rotatable bonds is 6. The quantitative estimate of drug-likeness (QED) is 0.738. The highest BCUT2D eigenvalue weighted by Gasteiger charge is 2.13. The standard InChI is InChI=1S/C20H22N4O2/c1-14-4-5-18(10-15(14)2)26-19-11-17(6-7-22-19)12-23-20(25)16(3)24-9-8-21-13-24/h4-11,13,16H,12H2,1-3H3,(H,23,25)/t16-/m0/s1. The number of aryl methyl sites for hydroxylation is 2. The molecule has 3 rings (SSSR count). The van der Waals surface area contributed by atoms with Crippen molar-refractivity contribution < 1.29 is 9.53 Å². The van der Waals surface area contributed by atoms with Gasteiger partial charge in [0.15, 0.2) is 0 Å². The van der Waals surface area contributed by atoms with Crippen LogP contribution in [0.15, 0.2) is 55.2 Å². The van der Waals surface area contributed by atoms with E-state index in [4.69, 9.17) is 4.74 Å². The van der Waals surface area contributed by atoms with Crippen molar-refractivity contribution in [1.82, 2.24) is 19.9 Å². The summed E-state index contributed by atoms with van der Waals surface area (Å²) in [5, 5.41) is 2.92. The number of hydrogen-bond donors (Lipinski definition) is 1. The Balaban J connectivity index is 1.62. The van der Waals surface area contributed by atoms with Crippen LogP contribution in [0.1, 0.15) is 29.7 Å². The van der Waals surface area contributed by atoms with Crippen LogP contribution in [0.5, 0.6) is 11.6 Å². The van der Waals surface area contributed by atoms with Gasteiger partial charge in [0.05, 0.1) is 6.33 Å². The van der Waals surface area contributed by atoms with Gasteiger partial charge in [-0.3, -0.25) is 4.79 Å². The van der Waals surface area contributed by atoms with Gasteiger partial charge >= 0.3 is 0 Å². The molecule has 1 N–H and O–H groups in total. The van der Waals surface area contributed by atoms with Crippen molar-refractivity contribution in [3.05, 3.63) is 71.9 Å². The third kappa shape index (κ3) is 4.27. The van der Waals surface area contributed by atoms with Crippen molar-refractivity contribution in [2.24, 2.45) is 0 Å². The van der Waals surface area contributed by atoms with E-state index in [1.165, 1.54) is 11.1 Å². The van der Waals surface area contributed by atoms with Crippen molar-refractivity contribution in [3.8, 4) is 11.6 Å². The van der Waals surface area contributed by atoms with Crippen LogP contribution in [0.3, 0.4) is 0 Å². The van der Waals surface area contributed by atoms with E-state index in [-0.39, 0.29) is 11.9 Å². The van der Waals surface area contributed by atoms with Crippen LogP contribution in [0.2, 0.25) is 0 Å². The fourth-order valence-corrected chi connectivity index (χ4v) is 2.49. The molecule has 0 saturated carbocycles. The molecule has 6 nitrogen and oxygen atoms in total. The summed E-state index contributed by atoms with van der Waals surface area (Å²) in [6.45, 7) is 6.34. The number of imidazole rings is 1. The van der Waals surface area contributed by atoms with Crippen LogP contribution >= 0.6 is 0 Å². The van der Waals surface area contributed by atoms with Crippen LogP contribution in [0.25, 0.3) is 0 Å². The number of nitrogens with one attached hydrogen (secondary N) is 1. The van der Waals surface area contributed by atoms with E-state index in [9.17, 15) is 4.79 Å². The number of aromatic nitrogens is 3. The molecule has 0 aliphatic rings. The maximum atomic E-state index is 12.3. The molecule has 2 heterocycles. The molecule has 0 saturated heterocycles. The minimum absolute atomic E-state index is 0.0727. The van der Waals surface area contributed by atoms with Crippen molar-refractivity contribution in [3.63, 3.8) is 0 Å². The predicted molar refractivity (Wildman–Crippen MR) is 99.0 cm³/mol. The fraction of sp³-hybridized carbons (Fsp3) is 0.250. The first-order valence-electron chi connectivity index (χ1n) is 8.48. The van der Waals surface area contributed by atoms with Crippen molar-refractivity contribution >= 4 is 5.91 Å². The van der Waals surface area contributed by atoms with Gasteiger partial charge < -0.3 is 14.6 Å². The first-order valence-corrected chi connectivity index (χ1v) is 8.48. The highest BCUT2D eigenvalue weighted by molar-refractivity contribution is 5.79. The molecular weight excluding hydrogens is 328 g/mol. The minimum atomic E-state index is -0.314. The summed E-state index contributed by atoms with van der Waals surface area (Å²) in [6.07, 6.45) is 6.73. The van der Waals surface area contributed by atoms with Gasteiger partial charge in [-0.2, -0.15) is 0 Å². The largest absolute Gasteiger partial charge is 0.439 e. The molecule has 0 fully saturated rings. The summed E-state index contributed by atoms with van der Waals surface area (Å²) in [5.74, 6) is 1.18. The van der Waals surface area contributed by atoms with E-state index in [0.29, 0.717) is 12.4 Å². The fourth-order valence-electron chi connectivity index (χ4n) is 2.49. The van der Waals surface area contributed by atoms with E-state index in [2.05, 4.69) is 22.2 Å². The van der Waals surface area contributed by atoms with Gasteiger partial charge in [-0.15, -0.1) is 0 Å². The lowest BCUT2D eigenvalue weighted by Gasteiger charge is -2.13. The van der Waals surface area contributed by atoms with Crippen molar-refractivity contribution in [2.75, 3.05) is 0 Å². The molecule has 3 aromatic rings. The highest BCUT2D eigenvalue weighted by Crippen LogP contribution is 2.22. The monoisotopic (exact) mass is 350 g/mol. The van der Waals surface area contributed by atoms with E-state index in [1.54, 1.807) is 29.5 Å². The lowest BCUT2D eigenvalue weighted by atomic mass is 10.1. The Morgan fingerprint density at radius 1 is 1.19 bits per heavy atom. The molecule has 1 amide bonds. The number of carbonyl (C=O) groups is 1. The second-order valence-corrected chi connectivity index (χ2v) is 6.25. The molecule has 134 valence electrons. The van der Waals surface area contributed by atoms with Crippen LogP contribution < -0.4 is 10.1 Å². The Labute approximate surface area is 152 Å². The summed E-state index contributed by atoms with van der Waals surface area (Å²) in [4.78, 5) is 20.5. The predicted octanol–water partition coefficient (Wildman–Crippen LogP) is 3.56. The van der Waals surface area contributed by atoms with E-state index >= 15 is 0 Å². The number of ether oxygens (including phenoxy) is 1. The number of benzene rings is 1.